The van der Waals surface area contributed by atoms with Gasteiger partial charge in [-0.25, -0.2) is 4.79 Å². The van der Waals surface area contributed by atoms with Crippen molar-refractivity contribution in [1.82, 2.24) is 4.57 Å². The Bertz CT molecular complexity index is 1150. The van der Waals surface area contributed by atoms with E-state index in [0.29, 0.717) is 22.9 Å². The van der Waals surface area contributed by atoms with E-state index >= 15 is 0 Å². The van der Waals surface area contributed by atoms with Crippen LogP contribution in [0.25, 0.3) is 0 Å². The van der Waals surface area contributed by atoms with E-state index in [9.17, 15) is 14.9 Å². The Labute approximate surface area is 199 Å². The van der Waals surface area contributed by atoms with Gasteiger partial charge in [0, 0.05) is 23.7 Å². The lowest BCUT2D eigenvalue weighted by molar-refractivity contribution is -0.149. The predicted octanol–water partition coefficient (Wildman–Crippen LogP) is 4.37. The Balaban J connectivity index is 1.35. The monoisotopic (exact) mass is 465 g/mol. The topological polar surface area (TPSA) is 103 Å². The third kappa shape index (κ3) is 4.74. The molecular formula is C26H31N3O5. The maximum Gasteiger partial charge on any atom is 0.344 e. The number of ether oxygens (including phenoxy) is 3. The molecule has 1 amide bonds. The van der Waals surface area contributed by atoms with Crippen LogP contribution in [0.15, 0.2) is 18.2 Å². The highest BCUT2D eigenvalue weighted by Crippen LogP contribution is 2.42. The average Bonchev–Trinajstić information content (AvgIpc) is 3.47. The number of nitriles is 1. The lowest BCUT2D eigenvalue weighted by Gasteiger charge is -2.19. The summed E-state index contributed by atoms with van der Waals surface area (Å²) in [5.74, 6) is 0.446. The quantitative estimate of drug-likeness (QED) is 0.610. The molecule has 0 unspecified atom stereocenters. The number of para-hydroxylation sites is 1. The van der Waals surface area contributed by atoms with Crippen LogP contribution in [-0.4, -0.2) is 35.3 Å². The number of carbonyl (C=O) groups is 2. The molecular weight excluding hydrogens is 434 g/mol. The van der Waals surface area contributed by atoms with Crippen LogP contribution in [-0.2, 0) is 20.7 Å². The second-order valence-electron chi connectivity index (χ2n) is 9.63. The minimum absolute atomic E-state index is 0.256. The second-order valence-corrected chi connectivity index (χ2v) is 9.63. The summed E-state index contributed by atoms with van der Waals surface area (Å²) in [4.78, 5) is 24.8. The van der Waals surface area contributed by atoms with E-state index in [-0.39, 0.29) is 18.2 Å². The van der Waals surface area contributed by atoms with Crippen molar-refractivity contribution in [1.29, 1.82) is 5.26 Å². The maximum absolute atomic E-state index is 12.6. The van der Waals surface area contributed by atoms with Crippen LogP contribution in [0.3, 0.4) is 0 Å². The highest BCUT2D eigenvalue weighted by Gasteiger charge is 2.32. The first-order valence-corrected chi connectivity index (χ1v) is 11.7. The van der Waals surface area contributed by atoms with Crippen molar-refractivity contribution in [3.8, 4) is 17.6 Å². The summed E-state index contributed by atoms with van der Waals surface area (Å²) in [7, 11) is 0. The minimum atomic E-state index is -0.663. The minimum Gasteiger partial charge on any atom is -0.483 e. The lowest BCUT2D eigenvalue weighted by atomic mass is 10.0. The molecule has 1 aliphatic heterocycles. The number of aromatic nitrogens is 1. The Morgan fingerprint density at radius 2 is 1.97 bits per heavy atom. The van der Waals surface area contributed by atoms with Crippen molar-refractivity contribution < 1.29 is 23.8 Å². The van der Waals surface area contributed by atoms with Gasteiger partial charge in [-0.3, -0.25) is 4.79 Å². The van der Waals surface area contributed by atoms with Crippen molar-refractivity contribution in [3.05, 3.63) is 40.6 Å². The van der Waals surface area contributed by atoms with Crippen molar-refractivity contribution in [2.24, 2.45) is 0 Å². The van der Waals surface area contributed by atoms with E-state index in [4.69, 9.17) is 14.2 Å². The zero-order chi connectivity index (χ0) is 24.5. The first-order valence-electron chi connectivity index (χ1n) is 11.7. The normalized spacial score (nSPS) is 16.4. The van der Waals surface area contributed by atoms with Crippen molar-refractivity contribution in [2.45, 2.75) is 71.4 Å². The number of esters is 1. The summed E-state index contributed by atoms with van der Waals surface area (Å²) in [6.07, 6.45) is 5.04. The highest BCUT2D eigenvalue weighted by molar-refractivity contribution is 5.93. The summed E-state index contributed by atoms with van der Waals surface area (Å²) in [6, 6.07) is 8.03. The molecule has 0 radical (unpaired) electrons. The molecule has 0 atom stereocenters. The van der Waals surface area contributed by atoms with Crippen LogP contribution < -0.4 is 14.8 Å². The van der Waals surface area contributed by atoms with E-state index in [1.807, 2.05) is 39.8 Å². The zero-order valence-electron chi connectivity index (χ0n) is 20.2. The van der Waals surface area contributed by atoms with Gasteiger partial charge in [-0.1, -0.05) is 25.0 Å². The van der Waals surface area contributed by atoms with E-state index in [1.165, 1.54) is 0 Å². The molecule has 4 rings (SSSR count). The number of carbonyl (C=O) groups excluding carboxylic acids is 2. The van der Waals surface area contributed by atoms with Crippen LogP contribution in [0, 0.1) is 25.2 Å². The van der Waals surface area contributed by atoms with Crippen LogP contribution in [0.1, 0.15) is 68.0 Å². The standard InChI is InChI=1S/C26H31N3O5/c1-16-17(2)29(19-9-5-6-10-19)25(20(16)13-27)28-22(30)14-33-23(31)15-32-21-11-7-8-18-12-26(3,4)34-24(18)21/h7-8,11,19H,5-6,9-10,12,14-15H2,1-4H3,(H,28,30). The third-order valence-corrected chi connectivity index (χ3v) is 6.58. The SMILES string of the molecule is Cc1c(C#N)c(NC(=O)COC(=O)COc2cccc3c2OC(C)(C)C3)n(C2CCCC2)c1C. The molecule has 0 saturated heterocycles. The van der Waals surface area contributed by atoms with Gasteiger partial charge in [-0.05, 0) is 52.2 Å². The number of anilines is 1. The number of rotatable bonds is 7. The molecule has 0 spiro atoms. The number of benzene rings is 1. The first kappa shape index (κ1) is 23.7. The van der Waals surface area contributed by atoms with Crippen molar-refractivity contribution in [3.63, 3.8) is 0 Å². The van der Waals surface area contributed by atoms with Crippen LogP contribution in [0.5, 0.6) is 11.5 Å². The summed E-state index contributed by atoms with van der Waals surface area (Å²) in [5, 5.41) is 12.5. The van der Waals surface area contributed by atoms with Gasteiger partial charge in [0.1, 0.15) is 17.5 Å². The Morgan fingerprint density at radius 3 is 2.68 bits per heavy atom. The molecule has 1 aromatic heterocycles. The predicted molar refractivity (Wildman–Crippen MR) is 126 cm³/mol. The van der Waals surface area contributed by atoms with Gasteiger partial charge in [0.25, 0.3) is 5.91 Å². The molecule has 1 fully saturated rings. The van der Waals surface area contributed by atoms with Gasteiger partial charge in [-0.15, -0.1) is 0 Å². The molecule has 2 aliphatic rings. The maximum atomic E-state index is 12.6. The number of hydrogen-bond donors (Lipinski definition) is 1. The number of hydrogen-bond acceptors (Lipinski definition) is 6. The zero-order valence-corrected chi connectivity index (χ0v) is 20.2. The lowest BCUT2D eigenvalue weighted by Crippen LogP contribution is -2.26. The molecule has 2 heterocycles. The van der Waals surface area contributed by atoms with E-state index in [2.05, 4.69) is 16.0 Å². The molecule has 1 aromatic carbocycles. The fourth-order valence-electron chi connectivity index (χ4n) is 4.90. The van der Waals surface area contributed by atoms with Gasteiger partial charge >= 0.3 is 5.97 Å². The van der Waals surface area contributed by atoms with Crippen molar-refractivity contribution >= 4 is 17.7 Å². The molecule has 34 heavy (non-hydrogen) atoms. The number of fused-ring (bicyclic) bond motifs is 1. The van der Waals surface area contributed by atoms with Gasteiger partial charge in [0.2, 0.25) is 0 Å². The Hall–Kier alpha value is -3.47. The van der Waals surface area contributed by atoms with E-state index in [1.54, 1.807) is 6.07 Å². The van der Waals surface area contributed by atoms with Gasteiger partial charge in [-0.2, -0.15) is 5.26 Å². The largest absolute Gasteiger partial charge is 0.483 e. The van der Waals surface area contributed by atoms with E-state index < -0.39 is 18.5 Å². The van der Waals surface area contributed by atoms with Gasteiger partial charge < -0.3 is 24.1 Å². The van der Waals surface area contributed by atoms with Crippen LogP contribution in [0.4, 0.5) is 5.82 Å². The average molecular weight is 466 g/mol. The van der Waals surface area contributed by atoms with Crippen LogP contribution in [0.2, 0.25) is 0 Å². The molecule has 1 aliphatic carbocycles. The molecule has 1 N–H and O–H groups in total. The first-order chi connectivity index (χ1) is 16.2. The summed E-state index contributed by atoms with van der Waals surface area (Å²) in [5.41, 5.74) is 2.99. The molecule has 2 aromatic rings. The fourth-order valence-corrected chi connectivity index (χ4v) is 4.90. The number of amides is 1. The summed E-state index contributed by atoms with van der Waals surface area (Å²) < 4.78 is 18.7. The molecule has 180 valence electrons. The third-order valence-electron chi connectivity index (χ3n) is 6.58. The highest BCUT2D eigenvalue weighted by atomic mass is 16.6. The Morgan fingerprint density at radius 1 is 1.24 bits per heavy atom. The van der Waals surface area contributed by atoms with Gasteiger partial charge in [0.05, 0.1) is 5.56 Å². The van der Waals surface area contributed by atoms with Crippen LogP contribution >= 0.6 is 0 Å². The molecule has 8 nitrogen and oxygen atoms in total. The Kier molecular flexibility index (Phi) is 6.56. The summed E-state index contributed by atoms with van der Waals surface area (Å²) in [6.45, 7) is 7.04. The van der Waals surface area contributed by atoms with E-state index in [0.717, 1.165) is 48.9 Å². The number of nitrogens with zero attached hydrogens (tertiary/aromatic N) is 2. The van der Waals surface area contributed by atoms with Gasteiger partial charge in [0.15, 0.2) is 24.7 Å². The van der Waals surface area contributed by atoms with Crippen molar-refractivity contribution in [2.75, 3.05) is 18.5 Å². The fraction of sp³-hybridized carbons (Fsp3) is 0.500. The smallest absolute Gasteiger partial charge is 0.344 e. The molecule has 1 saturated carbocycles. The number of nitrogens with one attached hydrogen (secondary N) is 1. The second kappa shape index (κ2) is 9.41. The summed E-state index contributed by atoms with van der Waals surface area (Å²) >= 11 is 0. The molecule has 0 bridgehead atoms. The molecule has 8 heteroatoms.